The predicted molar refractivity (Wildman–Crippen MR) is 149 cm³/mol. The zero-order valence-corrected chi connectivity index (χ0v) is 25.0. The Kier molecular flexibility index (Phi) is 7.37. The highest BCUT2D eigenvalue weighted by Crippen LogP contribution is 2.72. The van der Waals surface area contributed by atoms with Gasteiger partial charge in [-0.05, 0) is 79.4 Å². The van der Waals surface area contributed by atoms with Crippen molar-refractivity contribution in [2.24, 2.45) is 45.3 Å². The minimum Gasteiger partial charge on any atom is -0.481 e. The van der Waals surface area contributed by atoms with Crippen LogP contribution in [-0.2, 0) is 19.1 Å². The molecule has 5 heteroatoms. The number of rotatable bonds is 7. The minimum atomic E-state index is -0.794. The first-order chi connectivity index (χ1) is 17.5. The number of aliphatic carboxylic acids is 1. The van der Waals surface area contributed by atoms with Crippen molar-refractivity contribution in [2.75, 3.05) is 0 Å². The van der Waals surface area contributed by atoms with Crippen LogP contribution in [-0.4, -0.2) is 28.9 Å². The molecule has 7 atom stereocenters. The number of carboxylic acid groups (broad SMARTS) is 1. The molecule has 0 spiro atoms. The normalized spacial score (nSPS) is 38.8. The van der Waals surface area contributed by atoms with Crippen LogP contribution in [0.1, 0.15) is 113 Å². The van der Waals surface area contributed by atoms with Gasteiger partial charge in [-0.2, -0.15) is 0 Å². The highest BCUT2D eigenvalue weighted by atomic mass is 16.5. The fourth-order valence-electron chi connectivity index (χ4n) is 9.68. The number of carboxylic acids is 1. The average molecular weight is 527 g/mol. The maximum Gasteiger partial charge on any atom is 0.306 e. The van der Waals surface area contributed by atoms with Crippen LogP contribution in [0.2, 0.25) is 0 Å². The number of Topliss-reactive ketones (excluding diaryl/α,β-unsaturated/α-hetero) is 1. The van der Waals surface area contributed by atoms with Gasteiger partial charge in [-0.1, -0.05) is 71.8 Å². The largest absolute Gasteiger partial charge is 0.481 e. The van der Waals surface area contributed by atoms with E-state index >= 15 is 0 Å². The van der Waals surface area contributed by atoms with Crippen molar-refractivity contribution in [1.29, 1.82) is 0 Å². The number of hydrogen-bond acceptors (Lipinski definition) is 4. The molecule has 0 radical (unpaired) electrons. The molecule has 0 unspecified atom stereocenters. The molecular formula is C33H50O5. The number of ketones is 1. The fraction of sp³-hybridized carbons (Fsp3) is 0.788. The summed E-state index contributed by atoms with van der Waals surface area (Å²) in [7, 11) is 0. The quantitative estimate of drug-likeness (QED) is 0.274. The van der Waals surface area contributed by atoms with Crippen molar-refractivity contribution < 1.29 is 24.2 Å². The number of ether oxygens (including phenoxy) is 1. The third-order valence-electron chi connectivity index (χ3n) is 12.2. The summed E-state index contributed by atoms with van der Waals surface area (Å²) in [5, 5.41) is 10.5. The molecule has 4 rings (SSSR count). The number of esters is 1. The molecule has 38 heavy (non-hydrogen) atoms. The van der Waals surface area contributed by atoms with E-state index in [-0.39, 0.29) is 33.5 Å². The summed E-state index contributed by atoms with van der Waals surface area (Å²) >= 11 is 0. The van der Waals surface area contributed by atoms with Gasteiger partial charge in [0.2, 0.25) is 0 Å². The summed E-state index contributed by atoms with van der Waals surface area (Å²) in [4.78, 5) is 38.1. The van der Waals surface area contributed by atoms with E-state index < -0.39 is 18.0 Å². The summed E-state index contributed by atoms with van der Waals surface area (Å²) < 4.78 is 6.00. The third-order valence-corrected chi connectivity index (χ3v) is 12.2. The fourth-order valence-corrected chi connectivity index (χ4v) is 9.68. The van der Waals surface area contributed by atoms with Crippen LogP contribution in [0.25, 0.3) is 0 Å². The number of carbonyl (C=O) groups is 3. The van der Waals surface area contributed by atoms with Crippen molar-refractivity contribution in [3.05, 3.63) is 23.3 Å². The Morgan fingerprint density at radius 2 is 1.71 bits per heavy atom. The van der Waals surface area contributed by atoms with Crippen LogP contribution in [0.3, 0.4) is 0 Å². The Morgan fingerprint density at radius 1 is 1.05 bits per heavy atom. The molecule has 4 aliphatic rings. The minimum absolute atomic E-state index is 0.00838. The zero-order valence-electron chi connectivity index (χ0n) is 25.0. The van der Waals surface area contributed by atoms with Gasteiger partial charge in [0.15, 0.2) is 0 Å². The molecule has 2 fully saturated rings. The van der Waals surface area contributed by atoms with E-state index in [1.54, 1.807) is 0 Å². The van der Waals surface area contributed by atoms with Gasteiger partial charge in [-0.25, -0.2) is 0 Å². The first-order valence-corrected chi connectivity index (χ1v) is 14.8. The molecule has 0 saturated heterocycles. The molecule has 5 nitrogen and oxygen atoms in total. The van der Waals surface area contributed by atoms with E-state index in [1.807, 2.05) is 0 Å². The van der Waals surface area contributed by atoms with E-state index in [0.29, 0.717) is 43.3 Å². The van der Waals surface area contributed by atoms with Crippen LogP contribution in [0.4, 0.5) is 0 Å². The summed E-state index contributed by atoms with van der Waals surface area (Å²) in [6.45, 7) is 21.1. The number of fused-ring (bicyclic) bond motifs is 4. The van der Waals surface area contributed by atoms with Crippen molar-refractivity contribution >= 4 is 17.7 Å². The van der Waals surface area contributed by atoms with Gasteiger partial charge in [0.1, 0.15) is 11.9 Å². The number of carbonyl (C=O) groups excluding carboxylic acids is 2. The zero-order chi connectivity index (χ0) is 28.4. The van der Waals surface area contributed by atoms with Crippen LogP contribution in [0.15, 0.2) is 23.3 Å². The molecule has 4 aliphatic carbocycles. The maximum atomic E-state index is 12.9. The topological polar surface area (TPSA) is 80.7 Å². The van der Waals surface area contributed by atoms with Crippen LogP contribution < -0.4 is 0 Å². The highest BCUT2D eigenvalue weighted by molar-refractivity contribution is 5.85. The Morgan fingerprint density at radius 3 is 2.29 bits per heavy atom. The van der Waals surface area contributed by atoms with Crippen molar-refractivity contribution in [3.63, 3.8) is 0 Å². The average Bonchev–Trinajstić information content (AvgIpc) is 3.03. The second kappa shape index (κ2) is 9.63. The maximum absolute atomic E-state index is 12.9. The molecule has 0 aromatic heterocycles. The van der Waals surface area contributed by atoms with E-state index in [1.165, 1.54) is 18.1 Å². The van der Waals surface area contributed by atoms with Gasteiger partial charge in [0, 0.05) is 24.7 Å². The van der Waals surface area contributed by atoms with Crippen molar-refractivity contribution in [3.8, 4) is 0 Å². The van der Waals surface area contributed by atoms with Gasteiger partial charge in [-0.3, -0.25) is 14.4 Å². The van der Waals surface area contributed by atoms with E-state index in [0.717, 1.165) is 37.7 Å². The molecule has 2 saturated carbocycles. The molecule has 0 aromatic carbocycles. The molecule has 0 amide bonds. The Balaban J connectivity index is 1.79. The molecule has 1 N–H and O–H groups in total. The Hall–Kier alpha value is -1.91. The summed E-state index contributed by atoms with van der Waals surface area (Å²) in [5.74, 6) is -0.948. The summed E-state index contributed by atoms with van der Waals surface area (Å²) in [6, 6.07) is 0. The van der Waals surface area contributed by atoms with Crippen LogP contribution >= 0.6 is 0 Å². The predicted octanol–water partition coefficient (Wildman–Crippen LogP) is 7.54. The molecular weight excluding hydrogens is 476 g/mol. The molecule has 212 valence electrons. The molecule has 0 heterocycles. The summed E-state index contributed by atoms with van der Waals surface area (Å²) in [6.07, 6.45) is 6.72. The second-order valence-corrected chi connectivity index (χ2v) is 14.5. The lowest BCUT2D eigenvalue weighted by Crippen LogP contribution is -2.54. The first-order valence-electron chi connectivity index (χ1n) is 14.8. The Bertz CT molecular complexity index is 1070. The van der Waals surface area contributed by atoms with Gasteiger partial charge in [0.05, 0.1) is 5.92 Å². The number of hydrogen-bond donors (Lipinski definition) is 1. The first kappa shape index (κ1) is 29.1. The van der Waals surface area contributed by atoms with Gasteiger partial charge >= 0.3 is 11.9 Å². The monoisotopic (exact) mass is 526 g/mol. The second-order valence-electron chi connectivity index (χ2n) is 14.5. The third kappa shape index (κ3) is 4.22. The lowest BCUT2D eigenvalue weighted by molar-refractivity contribution is -0.158. The van der Waals surface area contributed by atoms with E-state index in [2.05, 4.69) is 55.0 Å². The van der Waals surface area contributed by atoms with E-state index in [4.69, 9.17) is 4.74 Å². The molecule has 0 aliphatic heterocycles. The lowest BCUT2D eigenvalue weighted by atomic mass is 9.43. The SMILES string of the molecule is C=C(CC[C@@H](C(=O)O)[C@H]1[C@H](OC(C)=O)C[C@@]2(C)C3=C(CC[C@]12C)[C@@]1(C)CCC(=O)C(C)(C)[C@@H]1CC3)C(C)C. The van der Waals surface area contributed by atoms with Crippen LogP contribution in [0, 0.1) is 45.3 Å². The highest BCUT2D eigenvalue weighted by Gasteiger charge is 2.67. The van der Waals surface area contributed by atoms with E-state index in [9.17, 15) is 19.5 Å². The Labute approximate surface area is 229 Å². The van der Waals surface area contributed by atoms with Gasteiger partial charge in [0.25, 0.3) is 0 Å². The lowest BCUT2D eigenvalue weighted by Gasteiger charge is -2.60. The van der Waals surface area contributed by atoms with Crippen molar-refractivity contribution in [1.82, 2.24) is 0 Å². The van der Waals surface area contributed by atoms with Gasteiger partial charge < -0.3 is 9.84 Å². The van der Waals surface area contributed by atoms with Gasteiger partial charge in [-0.15, -0.1) is 0 Å². The smallest absolute Gasteiger partial charge is 0.306 e. The molecule has 0 bridgehead atoms. The number of allylic oxidation sites excluding steroid dienone is 3. The molecule has 0 aromatic rings. The van der Waals surface area contributed by atoms with Crippen LogP contribution in [0.5, 0.6) is 0 Å². The standard InChI is InChI=1S/C33H50O5/c1-19(2)20(3)10-11-22(29(36)37)28-25(38-21(4)34)18-33(9)24-12-13-26-30(5,6)27(35)15-16-31(26,7)23(24)14-17-32(28,33)8/h19,22,25-26,28H,3,10-18H2,1-2,4-9H3,(H,36,37)/t22-,25-,26+,28+,31-,32-,33+/m1/s1. The summed E-state index contributed by atoms with van der Waals surface area (Å²) in [5.41, 5.74) is 3.21. The van der Waals surface area contributed by atoms with Crippen molar-refractivity contribution in [2.45, 2.75) is 119 Å².